The summed E-state index contributed by atoms with van der Waals surface area (Å²) >= 11 is 0. The van der Waals surface area contributed by atoms with Gasteiger partial charge in [-0.25, -0.2) is 0 Å². The van der Waals surface area contributed by atoms with E-state index in [0.717, 1.165) is 17.1 Å². The first-order valence-corrected chi connectivity index (χ1v) is 6.81. The molecule has 6 nitrogen and oxygen atoms in total. The van der Waals surface area contributed by atoms with Gasteiger partial charge in [-0.1, -0.05) is 12.1 Å². The van der Waals surface area contributed by atoms with Crippen molar-refractivity contribution in [1.82, 2.24) is 19.6 Å². The zero-order valence-corrected chi connectivity index (χ0v) is 11.2. The smallest absolute Gasteiger partial charge is 0.254 e. The Balaban J connectivity index is 1.84. The lowest BCUT2D eigenvalue weighted by molar-refractivity contribution is 0.944. The van der Waals surface area contributed by atoms with Gasteiger partial charge in [0.25, 0.3) is 5.78 Å². The standard InChI is InChI=1S/C15H12N6/c16-8-10-1-3-11(4-2-10)13-7-14(19-12-5-6-12)20-15-17-9-18-21(13)15/h1-4,7,9,12H,5-6H2,(H,17,18,19,20). The van der Waals surface area contributed by atoms with E-state index in [-0.39, 0.29) is 0 Å². The zero-order chi connectivity index (χ0) is 14.2. The molecule has 1 aromatic carbocycles. The van der Waals surface area contributed by atoms with Gasteiger partial charge in [0.2, 0.25) is 0 Å². The lowest BCUT2D eigenvalue weighted by atomic mass is 10.1. The first-order valence-electron chi connectivity index (χ1n) is 6.81. The van der Waals surface area contributed by atoms with Gasteiger partial charge in [0, 0.05) is 17.7 Å². The van der Waals surface area contributed by atoms with Gasteiger partial charge in [0.15, 0.2) is 0 Å². The van der Waals surface area contributed by atoms with Gasteiger partial charge in [0.05, 0.1) is 17.3 Å². The molecule has 0 unspecified atom stereocenters. The van der Waals surface area contributed by atoms with Crippen LogP contribution in [0.25, 0.3) is 17.0 Å². The lowest BCUT2D eigenvalue weighted by Crippen LogP contribution is -2.06. The van der Waals surface area contributed by atoms with E-state index in [2.05, 4.69) is 26.5 Å². The summed E-state index contributed by atoms with van der Waals surface area (Å²) in [6, 6.07) is 12.0. The van der Waals surface area contributed by atoms with Crippen molar-refractivity contribution in [3.8, 4) is 17.3 Å². The number of benzene rings is 1. The summed E-state index contributed by atoms with van der Waals surface area (Å²) in [6.45, 7) is 0. The predicted molar refractivity (Wildman–Crippen MR) is 77.6 cm³/mol. The third-order valence-corrected chi connectivity index (χ3v) is 3.49. The van der Waals surface area contributed by atoms with Crippen molar-refractivity contribution in [1.29, 1.82) is 5.26 Å². The minimum atomic E-state index is 0.525. The number of anilines is 1. The second-order valence-electron chi connectivity index (χ2n) is 5.11. The van der Waals surface area contributed by atoms with E-state index >= 15 is 0 Å². The third kappa shape index (κ3) is 2.19. The molecule has 0 spiro atoms. The summed E-state index contributed by atoms with van der Waals surface area (Å²) in [5.74, 6) is 1.39. The van der Waals surface area contributed by atoms with Gasteiger partial charge in [-0.15, -0.1) is 0 Å². The fourth-order valence-corrected chi connectivity index (χ4v) is 2.24. The second-order valence-corrected chi connectivity index (χ2v) is 5.11. The number of fused-ring (bicyclic) bond motifs is 1. The summed E-state index contributed by atoms with van der Waals surface area (Å²) in [5.41, 5.74) is 2.52. The minimum Gasteiger partial charge on any atom is -0.367 e. The van der Waals surface area contributed by atoms with Crippen LogP contribution in [0.1, 0.15) is 18.4 Å². The normalized spacial score (nSPS) is 14.0. The van der Waals surface area contributed by atoms with E-state index in [1.54, 1.807) is 16.6 Å². The van der Waals surface area contributed by atoms with Gasteiger partial charge >= 0.3 is 0 Å². The third-order valence-electron chi connectivity index (χ3n) is 3.49. The average molecular weight is 276 g/mol. The van der Waals surface area contributed by atoms with Crippen LogP contribution in [0.2, 0.25) is 0 Å². The van der Waals surface area contributed by atoms with Crippen molar-refractivity contribution >= 4 is 11.6 Å². The second kappa shape index (κ2) is 4.56. The number of hydrogen-bond donors (Lipinski definition) is 1. The van der Waals surface area contributed by atoms with E-state index in [0.29, 0.717) is 17.4 Å². The maximum atomic E-state index is 8.89. The fraction of sp³-hybridized carbons (Fsp3) is 0.200. The Labute approximate surface area is 121 Å². The quantitative estimate of drug-likeness (QED) is 0.793. The minimum absolute atomic E-state index is 0.525. The number of nitrogens with one attached hydrogen (secondary N) is 1. The average Bonchev–Trinajstić information content (AvgIpc) is 3.20. The summed E-state index contributed by atoms with van der Waals surface area (Å²) < 4.78 is 1.71. The Bertz CT molecular complexity index is 839. The maximum absolute atomic E-state index is 8.89. The summed E-state index contributed by atoms with van der Waals surface area (Å²) in [7, 11) is 0. The van der Waals surface area contributed by atoms with Crippen molar-refractivity contribution in [3.63, 3.8) is 0 Å². The molecule has 2 heterocycles. The molecule has 1 aliphatic rings. The molecular weight excluding hydrogens is 264 g/mol. The molecular formula is C15H12N6. The van der Waals surface area contributed by atoms with Crippen molar-refractivity contribution in [3.05, 3.63) is 42.2 Å². The Morgan fingerprint density at radius 1 is 1.24 bits per heavy atom. The summed E-state index contributed by atoms with van der Waals surface area (Å²) in [5, 5.41) is 16.5. The molecule has 1 fully saturated rings. The molecule has 1 saturated carbocycles. The molecule has 0 radical (unpaired) electrons. The molecule has 1 aliphatic carbocycles. The van der Waals surface area contributed by atoms with Gasteiger partial charge < -0.3 is 5.32 Å². The summed E-state index contributed by atoms with van der Waals surface area (Å²) in [6.07, 6.45) is 3.87. The van der Waals surface area contributed by atoms with Crippen LogP contribution in [0, 0.1) is 11.3 Å². The Morgan fingerprint density at radius 3 is 2.76 bits per heavy atom. The Kier molecular flexibility index (Phi) is 2.57. The van der Waals surface area contributed by atoms with E-state index in [4.69, 9.17) is 5.26 Å². The Morgan fingerprint density at radius 2 is 2.05 bits per heavy atom. The topological polar surface area (TPSA) is 78.9 Å². The molecule has 1 N–H and O–H groups in total. The zero-order valence-electron chi connectivity index (χ0n) is 11.2. The molecule has 102 valence electrons. The van der Waals surface area contributed by atoms with Gasteiger partial charge in [-0.05, 0) is 25.0 Å². The lowest BCUT2D eigenvalue weighted by Gasteiger charge is -2.08. The van der Waals surface area contributed by atoms with E-state index in [9.17, 15) is 0 Å². The van der Waals surface area contributed by atoms with Crippen LogP contribution in [0.5, 0.6) is 0 Å². The fourth-order valence-electron chi connectivity index (χ4n) is 2.24. The van der Waals surface area contributed by atoms with E-state index < -0.39 is 0 Å². The van der Waals surface area contributed by atoms with Gasteiger partial charge in [-0.2, -0.15) is 24.8 Å². The van der Waals surface area contributed by atoms with Crippen LogP contribution in [-0.4, -0.2) is 25.6 Å². The molecule has 21 heavy (non-hydrogen) atoms. The Hall–Kier alpha value is -2.94. The van der Waals surface area contributed by atoms with Crippen molar-refractivity contribution in [2.45, 2.75) is 18.9 Å². The van der Waals surface area contributed by atoms with E-state index in [1.165, 1.54) is 19.2 Å². The van der Waals surface area contributed by atoms with Gasteiger partial charge in [0.1, 0.15) is 12.1 Å². The maximum Gasteiger partial charge on any atom is 0.254 e. The largest absolute Gasteiger partial charge is 0.367 e. The molecule has 4 rings (SSSR count). The predicted octanol–water partition coefficient (Wildman–Crippen LogP) is 2.24. The molecule has 6 heteroatoms. The van der Waals surface area contributed by atoms with Crippen LogP contribution in [-0.2, 0) is 0 Å². The van der Waals surface area contributed by atoms with Crippen molar-refractivity contribution in [2.24, 2.45) is 0 Å². The first kappa shape index (κ1) is 11.9. The molecule has 3 aromatic rings. The number of nitrogens with zero attached hydrogens (tertiary/aromatic N) is 5. The van der Waals surface area contributed by atoms with Crippen molar-refractivity contribution in [2.75, 3.05) is 5.32 Å². The van der Waals surface area contributed by atoms with Crippen molar-refractivity contribution < 1.29 is 0 Å². The molecule has 0 saturated heterocycles. The highest BCUT2D eigenvalue weighted by atomic mass is 15.3. The van der Waals surface area contributed by atoms with E-state index in [1.807, 2.05) is 18.2 Å². The molecule has 2 aromatic heterocycles. The highest BCUT2D eigenvalue weighted by Crippen LogP contribution is 2.27. The molecule has 0 atom stereocenters. The van der Waals surface area contributed by atoms with Gasteiger partial charge in [-0.3, -0.25) is 0 Å². The number of aromatic nitrogens is 4. The SMILES string of the molecule is N#Cc1ccc(-c2cc(NC3CC3)nc3ncnn23)cc1. The number of rotatable bonds is 3. The van der Waals surface area contributed by atoms with Crippen LogP contribution in [0.15, 0.2) is 36.7 Å². The van der Waals surface area contributed by atoms with Crippen LogP contribution in [0.3, 0.4) is 0 Å². The first-order chi connectivity index (χ1) is 10.3. The van der Waals surface area contributed by atoms with Crippen LogP contribution < -0.4 is 5.32 Å². The number of hydrogen-bond acceptors (Lipinski definition) is 5. The van der Waals surface area contributed by atoms with Crippen LogP contribution >= 0.6 is 0 Å². The summed E-state index contributed by atoms with van der Waals surface area (Å²) in [4.78, 5) is 8.64. The van der Waals surface area contributed by atoms with Crippen LogP contribution in [0.4, 0.5) is 5.82 Å². The highest BCUT2D eigenvalue weighted by Gasteiger charge is 2.22. The monoisotopic (exact) mass is 276 g/mol. The molecule has 0 aliphatic heterocycles. The molecule has 0 bridgehead atoms. The number of nitriles is 1. The molecule has 0 amide bonds. The highest BCUT2D eigenvalue weighted by molar-refractivity contribution is 5.66.